The zero-order valence-electron chi connectivity index (χ0n) is 18.9. The second-order valence-electron chi connectivity index (χ2n) is 8.95. The van der Waals surface area contributed by atoms with Gasteiger partial charge in [-0.05, 0) is 51.8 Å². The Kier molecular flexibility index (Phi) is 6.06. The second kappa shape index (κ2) is 8.46. The van der Waals surface area contributed by atoms with Crippen LogP contribution in [0.25, 0.3) is 0 Å². The predicted molar refractivity (Wildman–Crippen MR) is 130 cm³/mol. The van der Waals surface area contributed by atoms with E-state index in [0.717, 1.165) is 6.42 Å². The molecule has 1 unspecified atom stereocenters. The SMILES string of the molecule is CC1(C)C(N)=N[C@](C)(c2nc(NC(=O)c3ncc(C#N)cc3Cl)ccc2F)[C@H]2CCCNS21O. The lowest BCUT2D eigenvalue weighted by atomic mass is 9.89. The number of pyridine rings is 2. The van der Waals surface area contributed by atoms with Gasteiger partial charge in [0.1, 0.15) is 40.5 Å². The lowest BCUT2D eigenvalue weighted by Crippen LogP contribution is -2.62. The molecule has 4 heterocycles. The van der Waals surface area contributed by atoms with Gasteiger partial charge in [0.15, 0.2) is 0 Å². The van der Waals surface area contributed by atoms with Crippen LogP contribution < -0.4 is 15.8 Å². The number of hydrogen-bond donors (Lipinski definition) is 4. The molecular weight excluding hydrogens is 481 g/mol. The highest BCUT2D eigenvalue weighted by atomic mass is 35.5. The fourth-order valence-corrected chi connectivity index (χ4v) is 8.15. The Morgan fingerprint density at radius 3 is 2.85 bits per heavy atom. The number of fused-ring (bicyclic) bond motifs is 1. The fourth-order valence-electron chi connectivity index (χ4n) is 4.47. The van der Waals surface area contributed by atoms with Crippen molar-refractivity contribution in [1.29, 1.82) is 5.26 Å². The molecular formula is C22H25ClFN7O2S. The van der Waals surface area contributed by atoms with Crippen LogP contribution in [0.15, 0.2) is 29.4 Å². The Balaban J connectivity index is 1.74. The highest BCUT2D eigenvalue weighted by Gasteiger charge is 2.60. The van der Waals surface area contributed by atoms with Crippen molar-refractivity contribution in [1.82, 2.24) is 14.7 Å². The fraction of sp³-hybridized carbons (Fsp3) is 0.409. The molecule has 12 heteroatoms. The van der Waals surface area contributed by atoms with Crippen LogP contribution in [-0.4, -0.2) is 42.8 Å². The Morgan fingerprint density at radius 1 is 1.44 bits per heavy atom. The number of aliphatic imine (C=N–C) groups is 1. The number of nitrogens with two attached hydrogens (primary N) is 1. The number of carbonyl (C=O) groups excluding carboxylic acids is 1. The summed E-state index contributed by atoms with van der Waals surface area (Å²) in [5, 5.41) is 11.1. The zero-order chi connectivity index (χ0) is 24.9. The second-order valence-corrected chi connectivity index (χ2v) is 12.5. The van der Waals surface area contributed by atoms with Crippen LogP contribution in [0.5, 0.6) is 0 Å². The average Bonchev–Trinajstić information content (AvgIpc) is 2.79. The molecule has 5 N–H and O–H groups in total. The number of nitriles is 1. The van der Waals surface area contributed by atoms with E-state index < -0.39 is 37.8 Å². The standard InChI is InChI=1S/C22H25ClFN7O2S/c1-21(2)20(26)31-22(3,15-5-4-8-28-34(15,21)33)18-14(24)6-7-16(29-18)30-19(32)17-13(23)9-12(10-25)11-27-17/h6-7,9,11,15,28,33H,4-5,8H2,1-3H3,(H2,26,31)(H,29,30,32)/t15-,22+/m1/s1. The average molecular weight is 506 g/mol. The minimum Gasteiger partial charge on any atom is -0.386 e. The minimum atomic E-state index is -2.53. The molecule has 0 bridgehead atoms. The summed E-state index contributed by atoms with van der Waals surface area (Å²) < 4.78 is 29.4. The molecule has 0 aromatic carbocycles. The number of nitrogens with one attached hydrogen (secondary N) is 2. The van der Waals surface area contributed by atoms with Gasteiger partial charge in [0.25, 0.3) is 5.91 Å². The van der Waals surface area contributed by atoms with Crippen molar-refractivity contribution in [2.75, 3.05) is 11.9 Å². The van der Waals surface area contributed by atoms with E-state index in [2.05, 4.69) is 25.0 Å². The Labute approximate surface area is 203 Å². The molecule has 1 saturated heterocycles. The van der Waals surface area contributed by atoms with E-state index in [9.17, 15) is 9.35 Å². The van der Waals surface area contributed by atoms with Crippen LogP contribution in [-0.2, 0) is 5.54 Å². The normalized spacial score (nSPS) is 29.7. The van der Waals surface area contributed by atoms with Crippen molar-refractivity contribution in [3.8, 4) is 6.07 Å². The number of anilines is 1. The number of nitrogens with zero attached hydrogens (tertiary/aromatic N) is 4. The molecule has 180 valence electrons. The molecule has 0 radical (unpaired) electrons. The Hall–Kier alpha value is -2.78. The summed E-state index contributed by atoms with van der Waals surface area (Å²) in [4.78, 5) is 25.7. The summed E-state index contributed by atoms with van der Waals surface area (Å²) >= 11 is 6.09. The van der Waals surface area contributed by atoms with Crippen molar-refractivity contribution < 1.29 is 13.7 Å². The van der Waals surface area contributed by atoms with Crippen molar-refractivity contribution in [2.24, 2.45) is 10.7 Å². The Morgan fingerprint density at radius 2 is 2.18 bits per heavy atom. The maximum absolute atomic E-state index is 15.2. The lowest BCUT2D eigenvalue weighted by molar-refractivity contribution is 0.102. The number of amides is 1. The monoisotopic (exact) mass is 505 g/mol. The van der Waals surface area contributed by atoms with Crippen LogP contribution in [0.1, 0.15) is 55.4 Å². The number of aromatic nitrogens is 2. The van der Waals surface area contributed by atoms with Gasteiger partial charge < -0.3 is 15.6 Å². The molecule has 4 rings (SSSR count). The first-order valence-electron chi connectivity index (χ1n) is 10.6. The van der Waals surface area contributed by atoms with Crippen LogP contribution in [0.3, 0.4) is 0 Å². The summed E-state index contributed by atoms with van der Waals surface area (Å²) in [6.45, 7) is 6.00. The minimum absolute atomic E-state index is 0.000299. The number of carbonyl (C=O) groups is 1. The molecule has 0 spiro atoms. The van der Waals surface area contributed by atoms with E-state index in [4.69, 9.17) is 22.6 Å². The van der Waals surface area contributed by atoms with E-state index in [0.29, 0.717) is 13.0 Å². The van der Waals surface area contributed by atoms with E-state index in [-0.39, 0.29) is 33.6 Å². The third-order valence-electron chi connectivity index (χ3n) is 6.50. The van der Waals surface area contributed by atoms with Crippen molar-refractivity contribution in [2.45, 2.75) is 49.1 Å². The van der Waals surface area contributed by atoms with Gasteiger partial charge in [-0.2, -0.15) is 5.26 Å². The molecule has 34 heavy (non-hydrogen) atoms. The van der Waals surface area contributed by atoms with Crippen molar-refractivity contribution >= 4 is 39.7 Å². The molecule has 2 aliphatic rings. The van der Waals surface area contributed by atoms with Gasteiger partial charge in [-0.25, -0.2) is 14.4 Å². The maximum Gasteiger partial charge on any atom is 0.276 e. The van der Waals surface area contributed by atoms with Gasteiger partial charge in [0.05, 0.1) is 20.6 Å². The molecule has 0 aliphatic carbocycles. The maximum atomic E-state index is 15.2. The zero-order valence-corrected chi connectivity index (χ0v) is 20.5. The van der Waals surface area contributed by atoms with Crippen LogP contribution in [0.4, 0.5) is 10.2 Å². The van der Waals surface area contributed by atoms with Crippen LogP contribution >= 0.6 is 22.1 Å². The summed E-state index contributed by atoms with van der Waals surface area (Å²) in [5.41, 5.74) is 5.14. The quantitative estimate of drug-likeness (QED) is 0.496. The number of halogens is 2. The lowest BCUT2D eigenvalue weighted by Gasteiger charge is -2.61. The molecule has 2 aromatic heterocycles. The molecule has 2 aliphatic heterocycles. The summed E-state index contributed by atoms with van der Waals surface area (Å²) in [6.07, 6.45) is 2.62. The summed E-state index contributed by atoms with van der Waals surface area (Å²) in [5.74, 6) is -1.02. The Bertz CT molecular complexity index is 1250. The third-order valence-corrected chi connectivity index (χ3v) is 10.7. The smallest absolute Gasteiger partial charge is 0.276 e. The third kappa shape index (κ3) is 3.71. The van der Waals surface area contributed by atoms with Gasteiger partial charge in [0.2, 0.25) is 0 Å². The molecule has 0 saturated carbocycles. The molecule has 3 atom stereocenters. The van der Waals surface area contributed by atoms with E-state index in [1.54, 1.807) is 6.92 Å². The predicted octanol–water partition coefficient (Wildman–Crippen LogP) is 3.70. The van der Waals surface area contributed by atoms with Gasteiger partial charge >= 0.3 is 0 Å². The number of rotatable bonds is 3. The van der Waals surface area contributed by atoms with Crippen LogP contribution in [0.2, 0.25) is 5.02 Å². The largest absolute Gasteiger partial charge is 0.386 e. The molecule has 1 fully saturated rings. The highest BCUT2D eigenvalue weighted by Crippen LogP contribution is 2.66. The van der Waals surface area contributed by atoms with Gasteiger partial charge in [-0.3, -0.25) is 14.5 Å². The number of hydrogen-bond acceptors (Lipinski definition) is 8. The highest BCUT2D eigenvalue weighted by molar-refractivity contribution is 8.29. The van der Waals surface area contributed by atoms with Crippen LogP contribution in [0, 0.1) is 17.1 Å². The topological polar surface area (TPSA) is 149 Å². The first-order chi connectivity index (χ1) is 15.9. The first kappa shape index (κ1) is 24.3. The van der Waals surface area contributed by atoms with E-state index in [1.165, 1.54) is 24.4 Å². The van der Waals surface area contributed by atoms with E-state index in [1.807, 2.05) is 19.9 Å². The number of amidine groups is 1. The van der Waals surface area contributed by atoms with Crippen molar-refractivity contribution in [3.63, 3.8) is 0 Å². The van der Waals surface area contributed by atoms with Gasteiger partial charge in [-0.1, -0.05) is 22.1 Å². The molecule has 9 nitrogen and oxygen atoms in total. The van der Waals surface area contributed by atoms with E-state index >= 15 is 4.39 Å². The van der Waals surface area contributed by atoms with Gasteiger partial charge in [-0.15, -0.1) is 0 Å². The van der Waals surface area contributed by atoms with Gasteiger partial charge in [0, 0.05) is 12.7 Å². The van der Waals surface area contributed by atoms with Crippen molar-refractivity contribution in [3.05, 3.63) is 52.2 Å². The summed E-state index contributed by atoms with van der Waals surface area (Å²) in [7, 11) is -2.53. The molecule has 2 aromatic rings. The molecule has 1 amide bonds. The summed E-state index contributed by atoms with van der Waals surface area (Å²) in [6, 6.07) is 5.73. The first-order valence-corrected chi connectivity index (χ1v) is 12.7.